The number of carbonyl (C=O) groups is 2. The van der Waals surface area contributed by atoms with Crippen molar-refractivity contribution >= 4 is 33.3 Å². The Labute approximate surface area is 175 Å². The fourth-order valence-corrected chi connectivity index (χ4v) is 4.90. The summed E-state index contributed by atoms with van der Waals surface area (Å²) in [6.45, 7) is 1.64. The summed E-state index contributed by atoms with van der Waals surface area (Å²) in [5, 5.41) is 2.58. The highest BCUT2D eigenvalue weighted by Gasteiger charge is 2.40. The maximum atomic E-state index is 13.0. The fourth-order valence-electron chi connectivity index (χ4n) is 3.72. The van der Waals surface area contributed by atoms with Crippen LogP contribution in [0.1, 0.15) is 25.3 Å². The van der Waals surface area contributed by atoms with Crippen LogP contribution in [0.3, 0.4) is 0 Å². The van der Waals surface area contributed by atoms with Gasteiger partial charge >= 0.3 is 0 Å². The van der Waals surface area contributed by atoms with Crippen molar-refractivity contribution in [1.29, 1.82) is 0 Å². The molecule has 0 unspecified atom stereocenters. The molecule has 0 radical (unpaired) electrons. The summed E-state index contributed by atoms with van der Waals surface area (Å²) in [6.07, 6.45) is 4.00. The molecule has 2 aromatic rings. The van der Waals surface area contributed by atoms with Crippen LogP contribution in [-0.4, -0.2) is 49.2 Å². The SMILES string of the molecule is C[C@@H]1Cc2cc(S(=O)(=O)N(C)CC(=O)Nc3ccccn3)ccc2N1C(=O)C1CC1. The maximum absolute atomic E-state index is 13.0. The van der Waals surface area contributed by atoms with Crippen molar-refractivity contribution in [1.82, 2.24) is 9.29 Å². The molecule has 1 aliphatic heterocycles. The second-order valence-electron chi connectivity index (χ2n) is 7.85. The van der Waals surface area contributed by atoms with Gasteiger partial charge in [0.2, 0.25) is 21.8 Å². The Bertz CT molecular complexity index is 1080. The van der Waals surface area contributed by atoms with E-state index in [4.69, 9.17) is 0 Å². The lowest BCUT2D eigenvalue weighted by molar-refractivity contribution is -0.120. The molecule has 2 heterocycles. The van der Waals surface area contributed by atoms with E-state index in [1.807, 2.05) is 6.92 Å². The molecule has 30 heavy (non-hydrogen) atoms. The molecule has 8 nitrogen and oxygen atoms in total. The number of fused-ring (bicyclic) bond motifs is 1. The van der Waals surface area contributed by atoms with Crippen molar-refractivity contribution in [2.24, 2.45) is 5.92 Å². The number of amides is 2. The number of pyridine rings is 1. The third kappa shape index (κ3) is 3.95. The van der Waals surface area contributed by atoms with Crippen LogP contribution in [0.2, 0.25) is 0 Å². The molecule has 1 aromatic carbocycles. The van der Waals surface area contributed by atoms with E-state index in [1.165, 1.54) is 13.1 Å². The highest BCUT2D eigenvalue weighted by atomic mass is 32.2. The molecular weight excluding hydrogens is 404 g/mol. The maximum Gasteiger partial charge on any atom is 0.243 e. The summed E-state index contributed by atoms with van der Waals surface area (Å²) < 4.78 is 27.0. The Morgan fingerprint density at radius 2 is 2.00 bits per heavy atom. The van der Waals surface area contributed by atoms with Gasteiger partial charge in [0.25, 0.3) is 0 Å². The van der Waals surface area contributed by atoms with Crippen LogP contribution in [0.15, 0.2) is 47.5 Å². The molecule has 0 saturated heterocycles. The van der Waals surface area contributed by atoms with E-state index in [9.17, 15) is 18.0 Å². The Balaban J connectivity index is 1.49. The molecule has 1 saturated carbocycles. The van der Waals surface area contributed by atoms with Gasteiger partial charge in [0, 0.05) is 30.9 Å². The molecule has 1 N–H and O–H groups in total. The number of anilines is 2. The van der Waals surface area contributed by atoms with E-state index in [0.717, 1.165) is 28.4 Å². The van der Waals surface area contributed by atoms with Crippen LogP contribution >= 0.6 is 0 Å². The first kappa shape index (κ1) is 20.5. The zero-order chi connectivity index (χ0) is 21.5. The van der Waals surface area contributed by atoms with Crippen molar-refractivity contribution in [2.45, 2.75) is 37.1 Å². The number of likely N-dealkylation sites (N-methyl/N-ethyl adjacent to an activating group) is 1. The van der Waals surface area contributed by atoms with Crippen LogP contribution < -0.4 is 10.2 Å². The monoisotopic (exact) mass is 428 g/mol. The van der Waals surface area contributed by atoms with Gasteiger partial charge < -0.3 is 10.2 Å². The van der Waals surface area contributed by atoms with Crippen molar-refractivity contribution in [2.75, 3.05) is 23.8 Å². The summed E-state index contributed by atoms with van der Waals surface area (Å²) >= 11 is 0. The molecular formula is C21H24N4O4S. The summed E-state index contributed by atoms with van der Waals surface area (Å²) in [6, 6.07) is 9.91. The van der Waals surface area contributed by atoms with Crippen LogP contribution in [-0.2, 0) is 26.0 Å². The lowest BCUT2D eigenvalue weighted by Gasteiger charge is -2.23. The van der Waals surface area contributed by atoms with Gasteiger partial charge in [0.05, 0.1) is 11.4 Å². The number of hydrogen-bond acceptors (Lipinski definition) is 5. The standard InChI is InChI=1S/C21H24N4O4S/c1-14-11-16-12-17(8-9-18(16)25(14)21(27)15-6-7-15)30(28,29)24(2)13-20(26)23-19-5-3-4-10-22-19/h3-5,8-10,12,14-15H,6-7,11,13H2,1-2H3,(H,22,23,26)/t14-/m1/s1. The van der Waals surface area contributed by atoms with E-state index < -0.39 is 15.9 Å². The van der Waals surface area contributed by atoms with Gasteiger partial charge in [-0.1, -0.05) is 6.07 Å². The van der Waals surface area contributed by atoms with Crippen LogP contribution in [0.25, 0.3) is 0 Å². The number of benzene rings is 1. The Hall–Kier alpha value is -2.78. The highest BCUT2D eigenvalue weighted by Crippen LogP contribution is 2.39. The summed E-state index contributed by atoms with van der Waals surface area (Å²) in [5.41, 5.74) is 1.62. The lowest BCUT2D eigenvalue weighted by Crippen LogP contribution is -2.36. The highest BCUT2D eigenvalue weighted by molar-refractivity contribution is 7.89. The van der Waals surface area contributed by atoms with Gasteiger partial charge in [0.1, 0.15) is 5.82 Å². The summed E-state index contributed by atoms with van der Waals surface area (Å²) in [5.74, 6) is 0.113. The van der Waals surface area contributed by atoms with Crippen molar-refractivity contribution in [3.63, 3.8) is 0 Å². The molecule has 1 atom stereocenters. The van der Waals surface area contributed by atoms with Gasteiger partial charge in [-0.3, -0.25) is 9.59 Å². The molecule has 2 aliphatic rings. The number of carbonyl (C=O) groups excluding carboxylic acids is 2. The molecule has 0 bridgehead atoms. The number of rotatable bonds is 6. The number of nitrogens with one attached hydrogen (secondary N) is 1. The molecule has 158 valence electrons. The molecule has 9 heteroatoms. The van der Waals surface area contributed by atoms with E-state index in [2.05, 4.69) is 10.3 Å². The predicted molar refractivity (Wildman–Crippen MR) is 113 cm³/mol. The fraction of sp³-hybridized carbons (Fsp3) is 0.381. The molecule has 2 amide bonds. The first-order valence-corrected chi connectivity index (χ1v) is 11.3. The number of aromatic nitrogens is 1. The molecule has 1 aromatic heterocycles. The van der Waals surface area contributed by atoms with Crippen molar-refractivity contribution in [3.8, 4) is 0 Å². The van der Waals surface area contributed by atoms with Gasteiger partial charge in [0.15, 0.2) is 0 Å². The van der Waals surface area contributed by atoms with Gasteiger partial charge in [-0.05, 0) is 62.1 Å². The molecule has 4 rings (SSSR count). The third-order valence-corrected chi connectivity index (χ3v) is 7.24. The topological polar surface area (TPSA) is 99.7 Å². The third-order valence-electron chi connectivity index (χ3n) is 5.44. The van der Waals surface area contributed by atoms with Crippen molar-refractivity contribution in [3.05, 3.63) is 48.2 Å². The largest absolute Gasteiger partial charge is 0.310 e. The normalized spacial score (nSPS) is 18.4. The molecule has 1 aliphatic carbocycles. The average Bonchev–Trinajstić information content (AvgIpc) is 3.50. The van der Waals surface area contributed by atoms with Crippen LogP contribution in [0.4, 0.5) is 11.5 Å². The number of sulfonamides is 1. The minimum atomic E-state index is -3.86. The molecule has 0 spiro atoms. The van der Waals surface area contributed by atoms with E-state index >= 15 is 0 Å². The quantitative estimate of drug-likeness (QED) is 0.759. The minimum absolute atomic E-state index is 0.00735. The second kappa shape index (κ2) is 7.81. The summed E-state index contributed by atoms with van der Waals surface area (Å²) in [4.78, 5) is 30.7. The summed E-state index contributed by atoms with van der Waals surface area (Å²) in [7, 11) is -2.49. The van der Waals surface area contributed by atoms with E-state index in [-0.39, 0.29) is 29.3 Å². The van der Waals surface area contributed by atoms with Gasteiger partial charge in [-0.15, -0.1) is 0 Å². The predicted octanol–water partition coefficient (Wildman–Crippen LogP) is 2.03. The minimum Gasteiger partial charge on any atom is -0.310 e. The average molecular weight is 429 g/mol. The first-order valence-electron chi connectivity index (χ1n) is 9.90. The Morgan fingerprint density at radius 3 is 2.67 bits per heavy atom. The van der Waals surface area contributed by atoms with Gasteiger partial charge in [-0.25, -0.2) is 13.4 Å². The van der Waals surface area contributed by atoms with Crippen molar-refractivity contribution < 1.29 is 18.0 Å². The van der Waals surface area contributed by atoms with E-state index in [1.54, 1.807) is 41.4 Å². The van der Waals surface area contributed by atoms with E-state index in [0.29, 0.717) is 12.2 Å². The van der Waals surface area contributed by atoms with Crippen LogP contribution in [0, 0.1) is 5.92 Å². The first-order chi connectivity index (χ1) is 14.3. The smallest absolute Gasteiger partial charge is 0.243 e. The Morgan fingerprint density at radius 1 is 1.23 bits per heavy atom. The Kier molecular flexibility index (Phi) is 5.33. The molecule has 1 fully saturated rings. The zero-order valence-electron chi connectivity index (χ0n) is 16.9. The van der Waals surface area contributed by atoms with Gasteiger partial charge in [-0.2, -0.15) is 4.31 Å². The number of nitrogens with zero attached hydrogens (tertiary/aromatic N) is 3. The lowest BCUT2D eigenvalue weighted by atomic mass is 10.1. The second-order valence-corrected chi connectivity index (χ2v) is 9.90. The van der Waals surface area contributed by atoms with Crippen LogP contribution in [0.5, 0.6) is 0 Å². The number of hydrogen-bond donors (Lipinski definition) is 1. The zero-order valence-corrected chi connectivity index (χ0v) is 17.7.